The fraction of sp³-hybridized carbons (Fsp3) is 0.533. The van der Waals surface area contributed by atoms with Crippen LogP contribution in [0.15, 0.2) is 24.3 Å². The summed E-state index contributed by atoms with van der Waals surface area (Å²) in [5.74, 6) is 0.0894. The van der Waals surface area contributed by atoms with Crippen LogP contribution >= 0.6 is 12.4 Å². The first kappa shape index (κ1) is 17.9. The molecular formula is C15H25ClN2O. The van der Waals surface area contributed by atoms with Crippen LogP contribution in [-0.2, 0) is 11.2 Å². The quantitative estimate of drug-likeness (QED) is 0.719. The molecule has 0 aliphatic rings. The van der Waals surface area contributed by atoms with Gasteiger partial charge in [-0.15, -0.1) is 12.4 Å². The molecule has 1 aromatic rings. The predicted molar refractivity (Wildman–Crippen MR) is 84.1 cm³/mol. The third kappa shape index (κ3) is 7.85. The van der Waals surface area contributed by atoms with Crippen molar-refractivity contribution in [2.24, 2.45) is 0 Å². The lowest BCUT2D eigenvalue weighted by molar-refractivity contribution is -0.116. The molecule has 0 bridgehead atoms. The number of halogens is 1. The molecule has 2 N–H and O–H groups in total. The summed E-state index contributed by atoms with van der Waals surface area (Å²) >= 11 is 0. The lowest BCUT2D eigenvalue weighted by atomic mass is 10.1. The van der Waals surface area contributed by atoms with Crippen molar-refractivity contribution in [2.75, 3.05) is 18.9 Å². The largest absolute Gasteiger partial charge is 0.326 e. The van der Waals surface area contributed by atoms with Gasteiger partial charge in [0.05, 0.1) is 0 Å². The highest BCUT2D eigenvalue weighted by molar-refractivity contribution is 5.90. The minimum absolute atomic E-state index is 0. The summed E-state index contributed by atoms with van der Waals surface area (Å²) < 4.78 is 0. The molecule has 0 aliphatic heterocycles. The topological polar surface area (TPSA) is 41.1 Å². The summed E-state index contributed by atoms with van der Waals surface area (Å²) in [5, 5.41) is 5.95. The maximum Gasteiger partial charge on any atom is 0.224 e. The number of benzene rings is 1. The van der Waals surface area contributed by atoms with Crippen LogP contribution in [0.1, 0.15) is 38.2 Å². The standard InChI is InChI=1S/C15H24N2O.ClH/c1-3-4-6-13-8-10-14(11-9-13)17-15(18)7-5-12-16-2;/h8-11,16H,3-7,12H2,1-2H3,(H,17,18);1H. The SMILES string of the molecule is CCCCc1ccc(NC(=O)CCCNC)cc1.Cl. The van der Waals surface area contributed by atoms with Crippen LogP contribution in [0.4, 0.5) is 5.69 Å². The van der Waals surface area contributed by atoms with Crippen molar-refractivity contribution in [1.82, 2.24) is 5.32 Å². The Morgan fingerprint density at radius 2 is 1.84 bits per heavy atom. The fourth-order valence-electron chi connectivity index (χ4n) is 1.78. The normalized spacial score (nSPS) is 9.79. The van der Waals surface area contributed by atoms with Crippen LogP contribution in [0.25, 0.3) is 0 Å². The van der Waals surface area contributed by atoms with Crippen LogP contribution in [0.2, 0.25) is 0 Å². The summed E-state index contributed by atoms with van der Waals surface area (Å²) in [4.78, 5) is 11.6. The Kier molecular flexibility index (Phi) is 10.2. The van der Waals surface area contributed by atoms with Crippen molar-refractivity contribution < 1.29 is 4.79 Å². The number of rotatable bonds is 8. The zero-order chi connectivity index (χ0) is 13.2. The van der Waals surface area contributed by atoms with Gasteiger partial charge in [-0.1, -0.05) is 25.5 Å². The summed E-state index contributed by atoms with van der Waals surface area (Å²) in [6, 6.07) is 8.17. The van der Waals surface area contributed by atoms with Gasteiger partial charge >= 0.3 is 0 Å². The second kappa shape index (κ2) is 10.8. The summed E-state index contributed by atoms with van der Waals surface area (Å²) in [6.45, 7) is 3.07. The Labute approximate surface area is 122 Å². The van der Waals surface area contributed by atoms with Gasteiger partial charge in [0.25, 0.3) is 0 Å². The van der Waals surface area contributed by atoms with Crippen LogP contribution in [0.3, 0.4) is 0 Å². The van der Waals surface area contributed by atoms with Crippen LogP contribution in [0, 0.1) is 0 Å². The third-order valence-electron chi connectivity index (χ3n) is 2.89. The minimum atomic E-state index is 0. The van der Waals surface area contributed by atoms with Crippen molar-refractivity contribution in [2.45, 2.75) is 39.0 Å². The number of hydrogen-bond donors (Lipinski definition) is 2. The molecule has 0 aliphatic carbocycles. The van der Waals surface area contributed by atoms with Gasteiger partial charge in [0.1, 0.15) is 0 Å². The third-order valence-corrected chi connectivity index (χ3v) is 2.89. The molecule has 0 atom stereocenters. The van der Waals surface area contributed by atoms with E-state index in [2.05, 4.69) is 29.7 Å². The first-order valence-corrected chi connectivity index (χ1v) is 6.79. The molecule has 0 heterocycles. The molecule has 0 radical (unpaired) electrons. The zero-order valence-electron chi connectivity index (χ0n) is 11.9. The average molecular weight is 285 g/mol. The smallest absolute Gasteiger partial charge is 0.224 e. The Balaban J connectivity index is 0.00000324. The van der Waals surface area contributed by atoms with Crippen LogP contribution in [-0.4, -0.2) is 19.5 Å². The van der Waals surface area contributed by atoms with E-state index in [1.807, 2.05) is 19.2 Å². The highest BCUT2D eigenvalue weighted by atomic mass is 35.5. The lowest BCUT2D eigenvalue weighted by Crippen LogP contribution is -2.15. The van der Waals surface area contributed by atoms with E-state index in [0.717, 1.165) is 25.1 Å². The molecule has 3 nitrogen and oxygen atoms in total. The predicted octanol–water partition coefficient (Wildman–Crippen LogP) is 3.39. The highest BCUT2D eigenvalue weighted by Crippen LogP contribution is 2.12. The van der Waals surface area contributed by atoms with E-state index in [9.17, 15) is 4.79 Å². The molecule has 1 amide bonds. The lowest BCUT2D eigenvalue weighted by Gasteiger charge is -2.06. The van der Waals surface area contributed by atoms with Crippen molar-refractivity contribution in [3.63, 3.8) is 0 Å². The van der Waals surface area contributed by atoms with Crippen molar-refractivity contribution in [3.05, 3.63) is 29.8 Å². The minimum Gasteiger partial charge on any atom is -0.326 e. The summed E-state index contributed by atoms with van der Waals surface area (Å²) in [7, 11) is 1.90. The molecule has 0 aromatic heterocycles. The maximum absolute atomic E-state index is 11.6. The molecule has 0 fully saturated rings. The van der Waals surface area contributed by atoms with E-state index in [-0.39, 0.29) is 18.3 Å². The molecule has 108 valence electrons. The van der Waals surface area contributed by atoms with Crippen molar-refractivity contribution in [1.29, 1.82) is 0 Å². The molecule has 19 heavy (non-hydrogen) atoms. The Hall–Kier alpha value is -1.06. The van der Waals surface area contributed by atoms with E-state index in [1.165, 1.54) is 18.4 Å². The van der Waals surface area contributed by atoms with Gasteiger partial charge in [0.2, 0.25) is 5.91 Å². The second-order valence-electron chi connectivity index (χ2n) is 4.56. The average Bonchev–Trinajstić information content (AvgIpc) is 2.38. The first-order valence-electron chi connectivity index (χ1n) is 6.79. The monoisotopic (exact) mass is 284 g/mol. The van der Waals surface area contributed by atoms with Gasteiger partial charge in [-0.05, 0) is 50.6 Å². The van der Waals surface area contributed by atoms with Gasteiger partial charge in [-0.25, -0.2) is 0 Å². The number of aryl methyl sites for hydroxylation is 1. The molecule has 0 unspecified atom stereocenters. The first-order chi connectivity index (χ1) is 8.76. The van der Waals surface area contributed by atoms with Gasteiger partial charge < -0.3 is 10.6 Å². The van der Waals surface area contributed by atoms with Gasteiger partial charge in [0, 0.05) is 12.1 Å². The number of unbranched alkanes of at least 4 members (excludes halogenated alkanes) is 1. The molecule has 0 saturated carbocycles. The van der Waals surface area contributed by atoms with E-state index >= 15 is 0 Å². The molecular weight excluding hydrogens is 260 g/mol. The van der Waals surface area contributed by atoms with Gasteiger partial charge in [0.15, 0.2) is 0 Å². The Morgan fingerprint density at radius 1 is 1.16 bits per heavy atom. The van der Waals surface area contributed by atoms with Crippen molar-refractivity contribution >= 4 is 24.0 Å². The van der Waals surface area contributed by atoms with E-state index in [4.69, 9.17) is 0 Å². The van der Waals surface area contributed by atoms with E-state index in [1.54, 1.807) is 0 Å². The Morgan fingerprint density at radius 3 is 2.42 bits per heavy atom. The molecule has 0 saturated heterocycles. The number of amides is 1. The summed E-state index contributed by atoms with van der Waals surface area (Å²) in [5.41, 5.74) is 2.23. The maximum atomic E-state index is 11.6. The van der Waals surface area contributed by atoms with Gasteiger partial charge in [-0.2, -0.15) is 0 Å². The number of carbonyl (C=O) groups is 1. The summed E-state index contributed by atoms with van der Waals surface area (Å²) in [6.07, 6.45) is 4.99. The zero-order valence-corrected chi connectivity index (χ0v) is 12.7. The number of carbonyl (C=O) groups excluding carboxylic acids is 1. The second-order valence-corrected chi connectivity index (χ2v) is 4.56. The Bertz CT molecular complexity index is 352. The van der Waals surface area contributed by atoms with E-state index in [0.29, 0.717) is 6.42 Å². The molecule has 1 rings (SSSR count). The van der Waals surface area contributed by atoms with Gasteiger partial charge in [-0.3, -0.25) is 4.79 Å². The molecule has 1 aromatic carbocycles. The van der Waals surface area contributed by atoms with Crippen molar-refractivity contribution in [3.8, 4) is 0 Å². The number of nitrogens with one attached hydrogen (secondary N) is 2. The van der Waals surface area contributed by atoms with Crippen LogP contribution in [0.5, 0.6) is 0 Å². The number of hydrogen-bond acceptors (Lipinski definition) is 2. The molecule has 0 spiro atoms. The van der Waals surface area contributed by atoms with Crippen LogP contribution < -0.4 is 10.6 Å². The molecule has 4 heteroatoms. The highest BCUT2D eigenvalue weighted by Gasteiger charge is 2.01. The number of anilines is 1. The fourth-order valence-corrected chi connectivity index (χ4v) is 1.78. The van der Waals surface area contributed by atoms with E-state index < -0.39 is 0 Å².